The van der Waals surface area contributed by atoms with Crippen molar-refractivity contribution in [2.45, 2.75) is 20.3 Å². The lowest BCUT2D eigenvalue weighted by molar-refractivity contribution is 0.972. The van der Waals surface area contributed by atoms with Crippen LogP contribution in [0.5, 0.6) is 0 Å². The molecule has 0 bridgehead atoms. The van der Waals surface area contributed by atoms with Gasteiger partial charge in [-0.3, -0.25) is 4.99 Å². The van der Waals surface area contributed by atoms with Gasteiger partial charge in [0.15, 0.2) is 5.96 Å². The second-order valence-corrected chi connectivity index (χ2v) is 5.87. The molecule has 0 fully saturated rings. The highest BCUT2D eigenvalue weighted by Crippen LogP contribution is 2.19. The van der Waals surface area contributed by atoms with E-state index in [9.17, 15) is 0 Å². The third-order valence-electron chi connectivity index (χ3n) is 3.91. The molecule has 3 aromatic rings. The molecule has 3 rings (SSSR count). The summed E-state index contributed by atoms with van der Waals surface area (Å²) < 4.78 is 0. The molecule has 4 N–H and O–H groups in total. The van der Waals surface area contributed by atoms with Gasteiger partial charge in [-0.2, -0.15) is 0 Å². The highest BCUT2D eigenvalue weighted by Gasteiger charge is 2.03. The van der Waals surface area contributed by atoms with Crippen LogP contribution in [0.15, 0.2) is 53.7 Å². The Morgan fingerprint density at radius 1 is 1.08 bits per heavy atom. The average Bonchev–Trinajstić information content (AvgIpc) is 2.92. The van der Waals surface area contributed by atoms with Crippen molar-refractivity contribution in [2.75, 3.05) is 11.9 Å². The number of nitrogens with two attached hydrogens (primary N) is 1. The van der Waals surface area contributed by atoms with Crippen molar-refractivity contribution >= 4 is 46.5 Å². The van der Waals surface area contributed by atoms with Gasteiger partial charge in [0, 0.05) is 29.3 Å². The van der Waals surface area contributed by atoms with Crippen LogP contribution in [0.25, 0.3) is 10.9 Å². The Balaban J connectivity index is 0.00000208. The number of rotatable bonds is 4. The summed E-state index contributed by atoms with van der Waals surface area (Å²) in [5.41, 5.74) is 11.8. The molecule has 0 saturated carbocycles. The van der Waals surface area contributed by atoms with E-state index in [4.69, 9.17) is 5.73 Å². The van der Waals surface area contributed by atoms with Crippen molar-refractivity contribution in [3.05, 3.63) is 65.4 Å². The average molecular weight is 434 g/mol. The molecule has 1 heterocycles. The van der Waals surface area contributed by atoms with Crippen molar-refractivity contribution < 1.29 is 0 Å². The Labute approximate surface area is 159 Å². The normalized spacial score (nSPS) is 11.3. The minimum absolute atomic E-state index is 0. The van der Waals surface area contributed by atoms with Crippen molar-refractivity contribution in [3.8, 4) is 0 Å². The quantitative estimate of drug-likeness (QED) is 0.324. The predicted molar refractivity (Wildman–Crippen MR) is 113 cm³/mol. The van der Waals surface area contributed by atoms with Crippen molar-refractivity contribution in [1.82, 2.24) is 4.98 Å². The largest absolute Gasteiger partial charge is 0.370 e. The molecular weight excluding hydrogens is 411 g/mol. The summed E-state index contributed by atoms with van der Waals surface area (Å²) in [6.07, 6.45) is 2.92. The van der Waals surface area contributed by atoms with Crippen molar-refractivity contribution in [2.24, 2.45) is 10.7 Å². The van der Waals surface area contributed by atoms with E-state index in [1.165, 1.54) is 27.6 Å². The fourth-order valence-electron chi connectivity index (χ4n) is 2.63. The number of aromatic amines is 1. The van der Waals surface area contributed by atoms with Crippen LogP contribution in [-0.4, -0.2) is 17.5 Å². The maximum Gasteiger partial charge on any atom is 0.193 e. The summed E-state index contributed by atoms with van der Waals surface area (Å²) in [6.45, 7) is 4.82. The molecule has 0 spiro atoms. The number of aliphatic imine (C=N–C) groups is 1. The number of benzene rings is 2. The molecule has 0 aliphatic rings. The number of nitrogens with one attached hydrogen (secondary N) is 2. The smallest absolute Gasteiger partial charge is 0.193 e. The molecule has 0 atom stereocenters. The van der Waals surface area contributed by atoms with Crippen molar-refractivity contribution in [3.63, 3.8) is 0 Å². The minimum Gasteiger partial charge on any atom is -0.370 e. The van der Waals surface area contributed by atoms with Crippen LogP contribution >= 0.6 is 24.0 Å². The molecule has 2 aromatic carbocycles. The van der Waals surface area contributed by atoms with Gasteiger partial charge >= 0.3 is 0 Å². The summed E-state index contributed by atoms with van der Waals surface area (Å²) in [5, 5.41) is 4.37. The van der Waals surface area contributed by atoms with Gasteiger partial charge in [0.25, 0.3) is 0 Å². The minimum atomic E-state index is 0. The first-order valence-electron chi connectivity index (χ1n) is 7.82. The lowest BCUT2D eigenvalue weighted by Crippen LogP contribution is -2.23. The van der Waals surface area contributed by atoms with E-state index in [1.54, 1.807) is 0 Å². The molecule has 0 saturated heterocycles. The Bertz CT molecular complexity index is 834. The summed E-state index contributed by atoms with van der Waals surface area (Å²) in [4.78, 5) is 7.73. The van der Waals surface area contributed by atoms with Gasteiger partial charge < -0.3 is 16.0 Å². The second kappa shape index (κ2) is 8.19. The standard InChI is InChI=1S/C19H22N4.HI/c1-13-3-6-16(7-4-13)23-19(20)21-10-9-15-12-22-18-11-14(2)5-8-17(15)18;/h3-8,11-12,22H,9-10H2,1-2H3,(H3,20,21,23);1H. The van der Waals surface area contributed by atoms with Gasteiger partial charge in [0.1, 0.15) is 0 Å². The summed E-state index contributed by atoms with van der Waals surface area (Å²) in [6, 6.07) is 14.5. The molecule has 5 heteroatoms. The van der Waals surface area contributed by atoms with E-state index < -0.39 is 0 Å². The lowest BCUT2D eigenvalue weighted by Gasteiger charge is -2.05. The topological polar surface area (TPSA) is 66.2 Å². The maximum atomic E-state index is 5.95. The van der Waals surface area contributed by atoms with E-state index in [0.29, 0.717) is 12.5 Å². The fraction of sp³-hybridized carbons (Fsp3) is 0.211. The first-order valence-corrected chi connectivity index (χ1v) is 7.82. The Hall–Kier alpha value is -2.02. The van der Waals surface area contributed by atoms with Gasteiger partial charge in [-0.15, -0.1) is 24.0 Å². The van der Waals surface area contributed by atoms with Gasteiger partial charge in [-0.25, -0.2) is 0 Å². The van der Waals surface area contributed by atoms with E-state index in [0.717, 1.165) is 12.1 Å². The molecule has 4 nitrogen and oxygen atoms in total. The predicted octanol–water partition coefficient (Wildman–Crippen LogP) is 4.37. The Morgan fingerprint density at radius 2 is 1.79 bits per heavy atom. The van der Waals surface area contributed by atoms with Gasteiger partial charge in [0.05, 0.1) is 0 Å². The second-order valence-electron chi connectivity index (χ2n) is 5.87. The molecule has 0 aliphatic carbocycles. The summed E-state index contributed by atoms with van der Waals surface area (Å²) in [5.74, 6) is 0.449. The molecule has 0 unspecified atom stereocenters. The number of aryl methyl sites for hydroxylation is 2. The first kappa shape index (κ1) is 18.3. The highest BCUT2D eigenvalue weighted by molar-refractivity contribution is 14.0. The number of hydrogen-bond donors (Lipinski definition) is 3. The van der Waals surface area contributed by atoms with Crippen LogP contribution < -0.4 is 11.1 Å². The third-order valence-corrected chi connectivity index (χ3v) is 3.91. The zero-order chi connectivity index (χ0) is 16.2. The van der Waals surface area contributed by atoms with Crippen LogP contribution in [-0.2, 0) is 6.42 Å². The maximum absolute atomic E-state index is 5.95. The molecule has 0 radical (unpaired) electrons. The lowest BCUT2D eigenvalue weighted by atomic mass is 10.1. The van der Waals surface area contributed by atoms with Crippen LogP contribution in [0.2, 0.25) is 0 Å². The van der Waals surface area contributed by atoms with E-state index >= 15 is 0 Å². The van der Waals surface area contributed by atoms with Crippen molar-refractivity contribution in [1.29, 1.82) is 0 Å². The molecule has 1 aromatic heterocycles. The molecule has 0 aliphatic heterocycles. The molecule has 126 valence electrons. The van der Waals surface area contributed by atoms with Crippen LogP contribution in [0.3, 0.4) is 0 Å². The molecule has 24 heavy (non-hydrogen) atoms. The Morgan fingerprint density at radius 3 is 2.54 bits per heavy atom. The molecule has 0 amide bonds. The van der Waals surface area contributed by atoms with E-state index in [1.807, 2.05) is 24.3 Å². The van der Waals surface area contributed by atoms with Crippen LogP contribution in [0, 0.1) is 13.8 Å². The number of hydrogen-bond acceptors (Lipinski definition) is 1. The summed E-state index contributed by atoms with van der Waals surface area (Å²) >= 11 is 0. The number of fused-ring (bicyclic) bond motifs is 1. The first-order chi connectivity index (χ1) is 11.1. The monoisotopic (exact) mass is 434 g/mol. The van der Waals surface area contributed by atoms with E-state index in [2.05, 4.69) is 53.5 Å². The van der Waals surface area contributed by atoms with Crippen LogP contribution in [0.4, 0.5) is 5.69 Å². The summed E-state index contributed by atoms with van der Waals surface area (Å²) in [7, 11) is 0. The number of nitrogens with zero attached hydrogens (tertiary/aromatic N) is 1. The number of halogens is 1. The van der Waals surface area contributed by atoms with Gasteiger partial charge in [-0.1, -0.05) is 29.8 Å². The number of aromatic nitrogens is 1. The zero-order valence-corrected chi connectivity index (χ0v) is 16.3. The van der Waals surface area contributed by atoms with E-state index in [-0.39, 0.29) is 24.0 Å². The molecular formula is C19H23IN4. The number of anilines is 1. The number of H-pyrrole nitrogens is 1. The zero-order valence-electron chi connectivity index (χ0n) is 14.0. The number of guanidine groups is 1. The Kier molecular flexibility index (Phi) is 6.25. The third kappa shape index (κ3) is 4.50. The fourth-order valence-corrected chi connectivity index (χ4v) is 2.63. The van der Waals surface area contributed by atoms with Crippen LogP contribution in [0.1, 0.15) is 16.7 Å². The highest BCUT2D eigenvalue weighted by atomic mass is 127. The van der Waals surface area contributed by atoms with Gasteiger partial charge in [0.2, 0.25) is 0 Å². The van der Waals surface area contributed by atoms with Gasteiger partial charge in [-0.05, 0) is 49.6 Å². The SMILES string of the molecule is Cc1ccc(NC(N)=NCCc2c[nH]c3cc(C)ccc23)cc1.I.